The lowest BCUT2D eigenvalue weighted by Gasteiger charge is -2.04. The predicted molar refractivity (Wildman–Crippen MR) is 65.8 cm³/mol. The van der Waals surface area contributed by atoms with Crippen LogP contribution in [0.1, 0.15) is 18.4 Å². The van der Waals surface area contributed by atoms with Crippen LogP contribution in [0.4, 0.5) is 0 Å². The first kappa shape index (κ1) is 10.8. The number of H-pyrrole nitrogens is 1. The van der Waals surface area contributed by atoms with Gasteiger partial charge in [-0.05, 0) is 18.9 Å². The van der Waals surface area contributed by atoms with Crippen molar-refractivity contribution in [2.45, 2.75) is 18.9 Å². The Morgan fingerprint density at radius 2 is 2.33 bits per heavy atom. The molecule has 0 aliphatic heterocycles. The Bertz CT molecular complexity index is 628. The van der Waals surface area contributed by atoms with Crippen molar-refractivity contribution in [3.8, 4) is 5.88 Å². The molecule has 0 aromatic carbocycles. The van der Waals surface area contributed by atoms with Gasteiger partial charge in [0.1, 0.15) is 18.1 Å². The van der Waals surface area contributed by atoms with Crippen molar-refractivity contribution in [2.75, 3.05) is 0 Å². The summed E-state index contributed by atoms with van der Waals surface area (Å²) in [5.74, 6) is 0.0544. The van der Waals surface area contributed by atoms with Gasteiger partial charge in [-0.15, -0.1) is 0 Å². The van der Waals surface area contributed by atoms with Crippen molar-refractivity contribution in [2.24, 2.45) is 5.73 Å². The number of hydrogen-bond acceptors (Lipinski definition) is 4. The number of primary amides is 1. The Morgan fingerprint density at radius 1 is 1.50 bits per heavy atom. The molecule has 1 amide bonds. The van der Waals surface area contributed by atoms with E-state index in [-0.39, 0.29) is 6.10 Å². The number of aromatic nitrogens is 3. The van der Waals surface area contributed by atoms with Crippen molar-refractivity contribution in [1.82, 2.24) is 15.0 Å². The third-order valence-corrected chi connectivity index (χ3v) is 2.70. The van der Waals surface area contributed by atoms with Gasteiger partial charge in [0.25, 0.3) is 0 Å². The maximum atomic E-state index is 10.8. The maximum Gasteiger partial charge on any atom is 0.241 e. The van der Waals surface area contributed by atoms with Gasteiger partial charge in [-0.1, -0.05) is 0 Å². The fourth-order valence-electron chi connectivity index (χ4n) is 1.69. The van der Waals surface area contributed by atoms with Crippen LogP contribution in [-0.2, 0) is 4.79 Å². The second-order valence-corrected chi connectivity index (χ2v) is 4.20. The summed E-state index contributed by atoms with van der Waals surface area (Å²) < 4.78 is 5.72. The third kappa shape index (κ3) is 2.04. The van der Waals surface area contributed by atoms with E-state index in [1.165, 1.54) is 12.4 Å². The average molecular weight is 244 g/mol. The normalized spacial score (nSPS) is 15.3. The molecule has 3 N–H and O–H groups in total. The van der Waals surface area contributed by atoms with E-state index in [1.807, 2.05) is 0 Å². The molecule has 1 aliphatic carbocycles. The second-order valence-electron chi connectivity index (χ2n) is 4.20. The number of nitrogens with two attached hydrogens (primary N) is 1. The minimum atomic E-state index is -0.495. The predicted octanol–water partition coefficient (Wildman–Crippen LogP) is 0.998. The van der Waals surface area contributed by atoms with Crippen LogP contribution in [0.25, 0.3) is 17.1 Å². The molecule has 2 aromatic rings. The van der Waals surface area contributed by atoms with Crippen LogP contribution >= 0.6 is 0 Å². The first-order valence-electron chi connectivity index (χ1n) is 5.70. The van der Waals surface area contributed by atoms with Crippen molar-refractivity contribution in [3.63, 3.8) is 0 Å². The summed E-state index contributed by atoms with van der Waals surface area (Å²) in [7, 11) is 0. The zero-order chi connectivity index (χ0) is 12.5. The fourth-order valence-corrected chi connectivity index (χ4v) is 1.69. The van der Waals surface area contributed by atoms with Crippen LogP contribution in [0.2, 0.25) is 0 Å². The molecule has 3 rings (SSSR count). The molecule has 1 aliphatic rings. The summed E-state index contributed by atoms with van der Waals surface area (Å²) in [4.78, 5) is 22.0. The van der Waals surface area contributed by atoms with Crippen LogP contribution in [-0.4, -0.2) is 27.0 Å². The average Bonchev–Trinajstić information content (AvgIpc) is 3.05. The van der Waals surface area contributed by atoms with E-state index in [0.29, 0.717) is 11.5 Å². The number of aromatic amines is 1. The van der Waals surface area contributed by atoms with E-state index in [2.05, 4.69) is 15.0 Å². The molecule has 6 nitrogen and oxygen atoms in total. The first-order chi connectivity index (χ1) is 8.74. The van der Waals surface area contributed by atoms with Crippen molar-refractivity contribution >= 4 is 23.0 Å². The number of amides is 1. The molecule has 0 saturated heterocycles. The smallest absolute Gasteiger partial charge is 0.241 e. The first-order valence-corrected chi connectivity index (χ1v) is 5.70. The summed E-state index contributed by atoms with van der Waals surface area (Å²) in [5, 5.41) is 0.780. The lowest BCUT2D eigenvalue weighted by molar-refractivity contribution is -0.113. The lowest BCUT2D eigenvalue weighted by atomic mass is 10.2. The van der Waals surface area contributed by atoms with Gasteiger partial charge in [0.2, 0.25) is 11.8 Å². The minimum absolute atomic E-state index is 0.256. The zero-order valence-electron chi connectivity index (χ0n) is 9.59. The van der Waals surface area contributed by atoms with Crippen LogP contribution in [0.3, 0.4) is 0 Å². The SMILES string of the molecule is NC(=O)C=Cc1c[nH]c2ncnc(OC3CC3)c12. The van der Waals surface area contributed by atoms with Crippen molar-refractivity contribution in [3.05, 3.63) is 24.2 Å². The monoisotopic (exact) mass is 244 g/mol. The number of rotatable bonds is 4. The zero-order valence-corrected chi connectivity index (χ0v) is 9.59. The van der Waals surface area contributed by atoms with Gasteiger partial charge >= 0.3 is 0 Å². The maximum absolute atomic E-state index is 10.8. The van der Waals surface area contributed by atoms with Gasteiger partial charge in [0.05, 0.1) is 5.39 Å². The van der Waals surface area contributed by atoms with Crippen molar-refractivity contribution in [1.29, 1.82) is 0 Å². The van der Waals surface area contributed by atoms with E-state index in [4.69, 9.17) is 10.5 Å². The van der Waals surface area contributed by atoms with E-state index < -0.39 is 5.91 Å². The third-order valence-electron chi connectivity index (χ3n) is 2.70. The fraction of sp³-hybridized carbons (Fsp3) is 0.250. The molecule has 2 aromatic heterocycles. The highest BCUT2D eigenvalue weighted by molar-refractivity contribution is 5.96. The molecule has 0 spiro atoms. The van der Waals surface area contributed by atoms with Gasteiger partial charge < -0.3 is 15.5 Å². The number of nitrogens with one attached hydrogen (secondary N) is 1. The summed E-state index contributed by atoms with van der Waals surface area (Å²) in [6.45, 7) is 0. The van der Waals surface area contributed by atoms with Gasteiger partial charge in [0.15, 0.2) is 0 Å². The number of carbonyl (C=O) groups is 1. The Hall–Kier alpha value is -2.37. The van der Waals surface area contributed by atoms with E-state index in [0.717, 1.165) is 23.8 Å². The standard InChI is InChI=1S/C12H12N4O2/c13-9(17)4-1-7-5-14-11-10(7)12(16-6-15-11)18-8-2-3-8/h1,4-6,8H,2-3H2,(H2,13,17)(H,14,15,16). The van der Waals surface area contributed by atoms with Gasteiger partial charge in [0, 0.05) is 17.8 Å². The molecular weight excluding hydrogens is 232 g/mol. The van der Waals surface area contributed by atoms with Crippen molar-refractivity contribution < 1.29 is 9.53 Å². The van der Waals surface area contributed by atoms with Gasteiger partial charge in [-0.2, -0.15) is 0 Å². The largest absolute Gasteiger partial charge is 0.474 e. The molecule has 6 heteroatoms. The molecule has 0 unspecified atom stereocenters. The molecular formula is C12H12N4O2. The molecule has 1 fully saturated rings. The highest BCUT2D eigenvalue weighted by Crippen LogP contribution is 2.31. The van der Waals surface area contributed by atoms with E-state index in [9.17, 15) is 4.79 Å². The summed E-state index contributed by atoms with van der Waals surface area (Å²) >= 11 is 0. The molecule has 0 bridgehead atoms. The number of ether oxygens (including phenoxy) is 1. The van der Waals surface area contributed by atoms with Gasteiger partial charge in [-0.3, -0.25) is 4.79 Å². The topological polar surface area (TPSA) is 93.9 Å². The minimum Gasteiger partial charge on any atom is -0.474 e. The number of carbonyl (C=O) groups excluding carboxylic acids is 1. The van der Waals surface area contributed by atoms with E-state index in [1.54, 1.807) is 12.3 Å². The number of fused-ring (bicyclic) bond motifs is 1. The summed E-state index contributed by atoms with van der Waals surface area (Å²) in [6, 6.07) is 0. The Labute approximate surface area is 103 Å². The highest BCUT2D eigenvalue weighted by atomic mass is 16.5. The molecule has 92 valence electrons. The van der Waals surface area contributed by atoms with Crippen LogP contribution < -0.4 is 10.5 Å². The molecule has 0 atom stereocenters. The Balaban J connectivity index is 2.05. The highest BCUT2D eigenvalue weighted by Gasteiger charge is 2.25. The molecule has 2 heterocycles. The summed E-state index contributed by atoms with van der Waals surface area (Å²) in [5.41, 5.74) is 6.56. The van der Waals surface area contributed by atoms with Crippen LogP contribution in [0, 0.1) is 0 Å². The lowest BCUT2D eigenvalue weighted by Crippen LogP contribution is -2.05. The number of nitrogens with zero attached hydrogens (tertiary/aromatic N) is 2. The Morgan fingerprint density at radius 3 is 3.06 bits per heavy atom. The Kier molecular flexibility index (Phi) is 2.47. The van der Waals surface area contributed by atoms with E-state index >= 15 is 0 Å². The number of hydrogen-bond donors (Lipinski definition) is 2. The quantitative estimate of drug-likeness (QED) is 0.784. The van der Waals surface area contributed by atoms with Gasteiger partial charge in [-0.25, -0.2) is 9.97 Å². The second kappa shape index (κ2) is 4.14. The molecule has 1 saturated carbocycles. The molecule has 18 heavy (non-hydrogen) atoms. The molecule has 0 radical (unpaired) electrons. The summed E-state index contributed by atoms with van der Waals surface area (Å²) in [6.07, 6.45) is 8.51. The van der Waals surface area contributed by atoms with Crippen LogP contribution in [0.5, 0.6) is 5.88 Å². The van der Waals surface area contributed by atoms with Crippen LogP contribution in [0.15, 0.2) is 18.6 Å².